The van der Waals surface area contributed by atoms with E-state index in [1.807, 2.05) is 35.8 Å². The summed E-state index contributed by atoms with van der Waals surface area (Å²) < 4.78 is 5.66. The molecule has 1 saturated heterocycles. The first-order valence-electron chi connectivity index (χ1n) is 6.73. The smallest absolute Gasteiger partial charge is 0.267 e. The number of carbonyl (C=O) groups excluding carboxylic acids is 1. The normalized spacial score (nSPS) is 19.3. The zero-order valence-electron chi connectivity index (χ0n) is 11.6. The van der Waals surface area contributed by atoms with E-state index in [0.29, 0.717) is 10.8 Å². The van der Waals surface area contributed by atoms with Crippen LogP contribution in [0.15, 0.2) is 12.3 Å². The Bertz CT molecular complexity index is 620. The van der Waals surface area contributed by atoms with E-state index >= 15 is 0 Å². The minimum Gasteiger partial charge on any atom is -0.337 e. The molecule has 20 heavy (non-hydrogen) atoms. The second-order valence-electron chi connectivity index (χ2n) is 5.19. The molecular formula is C13H17N5OS. The summed E-state index contributed by atoms with van der Waals surface area (Å²) in [5, 5.41) is 8.38. The van der Waals surface area contributed by atoms with Crippen molar-refractivity contribution in [3.8, 4) is 0 Å². The van der Waals surface area contributed by atoms with Crippen molar-refractivity contribution in [1.29, 1.82) is 0 Å². The Balaban J connectivity index is 1.75. The van der Waals surface area contributed by atoms with Crippen molar-refractivity contribution >= 4 is 17.4 Å². The molecule has 1 amide bonds. The zero-order valence-corrected chi connectivity index (χ0v) is 12.4. The number of likely N-dealkylation sites (tertiary alicyclic amines) is 1. The number of hydrogen-bond acceptors (Lipinski definition) is 5. The summed E-state index contributed by atoms with van der Waals surface area (Å²) in [7, 11) is 1.92. The molecule has 1 aliphatic rings. The van der Waals surface area contributed by atoms with Gasteiger partial charge in [0.25, 0.3) is 5.91 Å². The average Bonchev–Trinajstić information content (AvgIpc) is 3.07. The van der Waals surface area contributed by atoms with Crippen LogP contribution in [0.5, 0.6) is 0 Å². The van der Waals surface area contributed by atoms with E-state index in [4.69, 9.17) is 0 Å². The van der Waals surface area contributed by atoms with E-state index in [1.165, 1.54) is 11.5 Å². The molecule has 0 radical (unpaired) electrons. The van der Waals surface area contributed by atoms with Crippen LogP contribution < -0.4 is 0 Å². The highest BCUT2D eigenvalue weighted by atomic mass is 32.1. The SMILES string of the molecule is Cc1nnsc1C(=O)N1CCC[C@@H](c2ccn(C)n2)C1. The highest BCUT2D eigenvalue weighted by Crippen LogP contribution is 2.27. The van der Waals surface area contributed by atoms with Crippen LogP contribution in [0, 0.1) is 6.92 Å². The number of nitrogens with zero attached hydrogens (tertiary/aromatic N) is 5. The summed E-state index contributed by atoms with van der Waals surface area (Å²) in [5.41, 5.74) is 1.80. The minimum atomic E-state index is 0.0538. The van der Waals surface area contributed by atoms with Crippen LogP contribution >= 0.6 is 11.5 Å². The van der Waals surface area contributed by atoms with Gasteiger partial charge in [-0.15, -0.1) is 5.10 Å². The maximum atomic E-state index is 12.5. The van der Waals surface area contributed by atoms with Crippen molar-refractivity contribution in [2.24, 2.45) is 7.05 Å². The van der Waals surface area contributed by atoms with Gasteiger partial charge in [0.1, 0.15) is 4.88 Å². The Kier molecular flexibility index (Phi) is 3.52. The van der Waals surface area contributed by atoms with Gasteiger partial charge < -0.3 is 4.90 Å². The lowest BCUT2D eigenvalue weighted by atomic mass is 9.95. The molecule has 1 atom stereocenters. The highest BCUT2D eigenvalue weighted by Gasteiger charge is 2.28. The lowest BCUT2D eigenvalue weighted by Gasteiger charge is -2.31. The molecule has 6 nitrogen and oxygen atoms in total. The Hall–Kier alpha value is -1.76. The summed E-state index contributed by atoms with van der Waals surface area (Å²) in [6, 6.07) is 2.04. The number of hydrogen-bond donors (Lipinski definition) is 0. The molecule has 0 saturated carbocycles. The van der Waals surface area contributed by atoms with Crippen LogP contribution in [0.1, 0.15) is 39.8 Å². The van der Waals surface area contributed by atoms with Gasteiger partial charge in [0.2, 0.25) is 0 Å². The average molecular weight is 291 g/mol. The molecule has 0 unspecified atom stereocenters. The van der Waals surface area contributed by atoms with Crippen LogP contribution in [0.4, 0.5) is 0 Å². The third kappa shape index (κ3) is 2.45. The van der Waals surface area contributed by atoms with Crippen molar-refractivity contribution in [3.05, 3.63) is 28.5 Å². The standard InChI is InChI=1S/C13H17N5OS/c1-9-12(20-16-14-9)13(19)18-6-3-4-10(8-18)11-5-7-17(2)15-11/h5,7,10H,3-4,6,8H2,1-2H3/t10-/m1/s1. The third-order valence-electron chi connectivity index (χ3n) is 3.71. The molecule has 7 heteroatoms. The fourth-order valence-corrected chi connectivity index (χ4v) is 3.25. The van der Waals surface area contributed by atoms with Crippen molar-refractivity contribution in [3.63, 3.8) is 0 Å². The van der Waals surface area contributed by atoms with Crippen LogP contribution in [-0.2, 0) is 7.05 Å². The van der Waals surface area contributed by atoms with Gasteiger partial charge in [0.15, 0.2) is 0 Å². The molecule has 2 aromatic heterocycles. The van der Waals surface area contributed by atoms with Gasteiger partial charge in [0.05, 0.1) is 11.4 Å². The van der Waals surface area contributed by atoms with Crippen LogP contribution in [0.25, 0.3) is 0 Å². The molecule has 1 fully saturated rings. The maximum absolute atomic E-state index is 12.5. The van der Waals surface area contributed by atoms with Crippen LogP contribution in [-0.4, -0.2) is 43.3 Å². The summed E-state index contributed by atoms with van der Waals surface area (Å²) in [6.07, 6.45) is 4.05. The van der Waals surface area contributed by atoms with Gasteiger partial charge in [-0.1, -0.05) is 4.49 Å². The van der Waals surface area contributed by atoms with Gasteiger partial charge in [-0.25, -0.2) is 0 Å². The molecule has 1 aliphatic heterocycles. The fraction of sp³-hybridized carbons (Fsp3) is 0.538. The van der Waals surface area contributed by atoms with E-state index in [2.05, 4.69) is 14.7 Å². The lowest BCUT2D eigenvalue weighted by molar-refractivity contribution is 0.0709. The Labute approximate surface area is 121 Å². The van der Waals surface area contributed by atoms with Crippen molar-refractivity contribution < 1.29 is 4.79 Å². The number of aryl methyl sites for hydroxylation is 2. The van der Waals surface area contributed by atoms with Crippen molar-refractivity contribution in [2.75, 3.05) is 13.1 Å². The van der Waals surface area contributed by atoms with E-state index in [9.17, 15) is 4.79 Å². The molecule has 0 aliphatic carbocycles. The Morgan fingerprint density at radius 3 is 3.00 bits per heavy atom. The first-order chi connectivity index (χ1) is 9.65. The molecule has 2 aromatic rings. The molecule has 3 rings (SSSR count). The highest BCUT2D eigenvalue weighted by molar-refractivity contribution is 7.07. The number of rotatable bonds is 2. The monoisotopic (exact) mass is 291 g/mol. The van der Waals surface area contributed by atoms with Gasteiger partial charge in [-0.3, -0.25) is 9.48 Å². The quantitative estimate of drug-likeness (QED) is 0.843. The predicted octanol–water partition coefficient (Wildman–Crippen LogP) is 1.60. The zero-order chi connectivity index (χ0) is 14.1. The second-order valence-corrected chi connectivity index (χ2v) is 5.95. The summed E-state index contributed by atoms with van der Waals surface area (Å²) >= 11 is 1.18. The molecule has 3 heterocycles. The largest absolute Gasteiger partial charge is 0.337 e. The Morgan fingerprint density at radius 1 is 1.50 bits per heavy atom. The van der Waals surface area contributed by atoms with E-state index in [0.717, 1.165) is 37.3 Å². The molecule has 0 bridgehead atoms. The van der Waals surface area contributed by atoms with Gasteiger partial charge >= 0.3 is 0 Å². The minimum absolute atomic E-state index is 0.0538. The number of carbonyl (C=O) groups is 1. The molecule has 0 spiro atoms. The fourth-order valence-electron chi connectivity index (χ4n) is 2.63. The van der Waals surface area contributed by atoms with Gasteiger partial charge in [-0.2, -0.15) is 5.10 Å². The van der Waals surface area contributed by atoms with E-state index in [1.54, 1.807) is 0 Å². The van der Waals surface area contributed by atoms with E-state index < -0.39 is 0 Å². The van der Waals surface area contributed by atoms with Crippen LogP contribution in [0.3, 0.4) is 0 Å². The first-order valence-corrected chi connectivity index (χ1v) is 7.50. The predicted molar refractivity (Wildman–Crippen MR) is 75.7 cm³/mol. The summed E-state index contributed by atoms with van der Waals surface area (Å²) in [5.74, 6) is 0.383. The topological polar surface area (TPSA) is 63.9 Å². The van der Waals surface area contributed by atoms with Crippen molar-refractivity contribution in [2.45, 2.75) is 25.7 Å². The lowest BCUT2D eigenvalue weighted by Crippen LogP contribution is -2.39. The van der Waals surface area contributed by atoms with Crippen LogP contribution in [0.2, 0.25) is 0 Å². The maximum Gasteiger partial charge on any atom is 0.267 e. The van der Waals surface area contributed by atoms with Crippen molar-refractivity contribution in [1.82, 2.24) is 24.3 Å². The number of amides is 1. The summed E-state index contributed by atoms with van der Waals surface area (Å²) in [6.45, 7) is 3.36. The first kappa shape index (κ1) is 13.2. The second kappa shape index (κ2) is 5.32. The molecule has 0 aromatic carbocycles. The third-order valence-corrected chi connectivity index (χ3v) is 4.52. The Morgan fingerprint density at radius 2 is 2.35 bits per heavy atom. The van der Waals surface area contributed by atoms with Gasteiger partial charge in [0, 0.05) is 32.3 Å². The van der Waals surface area contributed by atoms with E-state index in [-0.39, 0.29) is 5.91 Å². The summed E-state index contributed by atoms with van der Waals surface area (Å²) in [4.78, 5) is 15.1. The molecule has 106 valence electrons. The van der Waals surface area contributed by atoms with Gasteiger partial charge in [-0.05, 0) is 37.4 Å². The number of piperidine rings is 1. The molecule has 0 N–H and O–H groups in total. The molecular weight excluding hydrogens is 274 g/mol. The number of aromatic nitrogens is 4.